The molecule has 1 saturated carbocycles. The van der Waals surface area contributed by atoms with Crippen LogP contribution in [-0.4, -0.2) is 21.0 Å². The number of aromatic nitrogens is 2. The van der Waals surface area contributed by atoms with Gasteiger partial charge in [0.2, 0.25) is 0 Å². The van der Waals surface area contributed by atoms with Crippen LogP contribution in [0.25, 0.3) is 11.0 Å². The van der Waals surface area contributed by atoms with Gasteiger partial charge in [-0.2, -0.15) is 0 Å². The van der Waals surface area contributed by atoms with Crippen LogP contribution in [0.15, 0.2) is 54.6 Å². The smallest absolute Gasteiger partial charge is 0.317 e. The first-order valence-electron chi connectivity index (χ1n) is 6.95. The number of fused-ring (bicyclic) bond motifs is 1. The zero-order chi connectivity index (χ0) is 14.4. The molecule has 0 saturated heterocycles. The molecule has 0 bridgehead atoms. The maximum absolute atomic E-state index is 11.9. The SMILES string of the molecule is O=C(O)[C@@]1(c2nc3ccccc3[nH]2)C[C@H]1c1ccccc1. The van der Waals surface area contributed by atoms with Crippen LogP contribution < -0.4 is 0 Å². The van der Waals surface area contributed by atoms with E-state index in [1.165, 1.54) is 0 Å². The molecule has 0 amide bonds. The van der Waals surface area contributed by atoms with E-state index in [4.69, 9.17) is 0 Å². The lowest BCUT2D eigenvalue weighted by Crippen LogP contribution is -2.23. The van der Waals surface area contributed by atoms with Gasteiger partial charge in [0.25, 0.3) is 0 Å². The quantitative estimate of drug-likeness (QED) is 0.773. The van der Waals surface area contributed by atoms with E-state index in [1.807, 2.05) is 54.6 Å². The fraction of sp³-hybridized carbons (Fsp3) is 0.176. The molecule has 2 atom stereocenters. The Bertz CT molecular complexity index is 792. The second kappa shape index (κ2) is 4.19. The number of aromatic amines is 1. The third-order valence-electron chi connectivity index (χ3n) is 4.36. The van der Waals surface area contributed by atoms with Crippen molar-refractivity contribution >= 4 is 17.0 Å². The van der Waals surface area contributed by atoms with Gasteiger partial charge >= 0.3 is 5.97 Å². The summed E-state index contributed by atoms with van der Waals surface area (Å²) in [5.74, 6) is -0.266. The number of aliphatic carboxylic acids is 1. The number of hydrogen-bond donors (Lipinski definition) is 2. The predicted octanol–water partition coefficient (Wildman–Crippen LogP) is 3.07. The summed E-state index contributed by atoms with van der Waals surface area (Å²) in [7, 11) is 0. The van der Waals surface area contributed by atoms with Gasteiger partial charge in [-0.1, -0.05) is 42.5 Å². The molecule has 1 aromatic heterocycles. The fourth-order valence-electron chi connectivity index (χ4n) is 3.11. The van der Waals surface area contributed by atoms with Gasteiger partial charge in [-0.15, -0.1) is 0 Å². The molecule has 1 aliphatic rings. The summed E-state index contributed by atoms with van der Waals surface area (Å²) >= 11 is 0. The number of H-pyrrole nitrogens is 1. The van der Waals surface area contributed by atoms with Crippen molar-refractivity contribution in [2.75, 3.05) is 0 Å². The minimum absolute atomic E-state index is 0.0169. The van der Waals surface area contributed by atoms with E-state index >= 15 is 0 Å². The van der Waals surface area contributed by atoms with Crippen LogP contribution >= 0.6 is 0 Å². The highest BCUT2D eigenvalue weighted by Crippen LogP contribution is 2.60. The average Bonchev–Trinajstić information content (AvgIpc) is 3.14. The van der Waals surface area contributed by atoms with E-state index in [-0.39, 0.29) is 5.92 Å². The van der Waals surface area contributed by atoms with Crippen LogP contribution in [-0.2, 0) is 10.2 Å². The zero-order valence-electron chi connectivity index (χ0n) is 11.3. The van der Waals surface area contributed by atoms with Gasteiger partial charge in [0.05, 0.1) is 11.0 Å². The number of benzene rings is 2. The Hall–Kier alpha value is -2.62. The summed E-state index contributed by atoms with van der Waals surface area (Å²) < 4.78 is 0. The van der Waals surface area contributed by atoms with E-state index in [2.05, 4.69) is 9.97 Å². The summed E-state index contributed by atoms with van der Waals surface area (Å²) in [5.41, 5.74) is 1.83. The molecule has 2 aromatic carbocycles. The monoisotopic (exact) mass is 278 g/mol. The lowest BCUT2D eigenvalue weighted by molar-refractivity contribution is -0.140. The molecule has 2 N–H and O–H groups in total. The fourth-order valence-corrected chi connectivity index (χ4v) is 3.11. The third kappa shape index (κ3) is 1.69. The molecular weight excluding hydrogens is 264 g/mol. The maximum atomic E-state index is 11.9. The Morgan fingerprint density at radius 1 is 1.14 bits per heavy atom. The van der Waals surface area contributed by atoms with Crippen LogP contribution in [0, 0.1) is 0 Å². The first kappa shape index (κ1) is 12.1. The van der Waals surface area contributed by atoms with Crippen molar-refractivity contribution in [1.29, 1.82) is 0 Å². The van der Waals surface area contributed by atoms with E-state index in [1.54, 1.807) is 0 Å². The topological polar surface area (TPSA) is 66.0 Å². The van der Waals surface area contributed by atoms with Crippen LogP contribution in [0.4, 0.5) is 0 Å². The Balaban J connectivity index is 1.82. The van der Waals surface area contributed by atoms with Crippen molar-refractivity contribution in [2.45, 2.75) is 17.8 Å². The van der Waals surface area contributed by atoms with Gasteiger partial charge in [-0.05, 0) is 24.1 Å². The van der Waals surface area contributed by atoms with Crippen molar-refractivity contribution in [3.63, 3.8) is 0 Å². The normalized spacial score (nSPS) is 24.1. The number of hydrogen-bond acceptors (Lipinski definition) is 2. The van der Waals surface area contributed by atoms with Gasteiger partial charge in [-0.3, -0.25) is 4.79 Å². The number of carbonyl (C=O) groups is 1. The molecule has 0 unspecified atom stereocenters. The van der Waals surface area contributed by atoms with Gasteiger partial charge in [0.15, 0.2) is 0 Å². The van der Waals surface area contributed by atoms with Crippen LogP contribution in [0.3, 0.4) is 0 Å². The molecule has 4 rings (SSSR count). The number of carboxylic acid groups (broad SMARTS) is 1. The lowest BCUT2D eigenvalue weighted by Gasteiger charge is -2.09. The molecule has 3 aromatic rings. The summed E-state index contributed by atoms with van der Waals surface area (Å²) in [6.07, 6.45) is 0.589. The lowest BCUT2D eigenvalue weighted by atomic mass is 9.98. The standard InChI is InChI=1S/C17H14N2O2/c20-16(21)17(10-12(17)11-6-2-1-3-7-11)15-18-13-8-4-5-9-14(13)19-15/h1-9,12H,10H2,(H,18,19)(H,20,21)/t12-,17-/m0/s1. The maximum Gasteiger partial charge on any atom is 0.317 e. The summed E-state index contributed by atoms with van der Waals surface area (Å²) in [6.45, 7) is 0. The number of rotatable bonds is 3. The van der Waals surface area contributed by atoms with Gasteiger partial charge in [-0.25, -0.2) is 4.98 Å². The van der Waals surface area contributed by atoms with Gasteiger partial charge in [0, 0.05) is 5.92 Å². The molecule has 21 heavy (non-hydrogen) atoms. The number of para-hydroxylation sites is 2. The average molecular weight is 278 g/mol. The molecule has 4 heteroatoms. The molecular formula is C17H14N2O2. The van der Waals surface area contributed by atoms with Crippen molar-refractivity contribution in [3.05, 3.63) is 66.0 Å². The molecule has 0 radical (unpaired) electrons. The predicted molar refractivity (Wildman–Crippen MR) is 79.2 cm³/mol. The number of nitrogens with zero attached hydrogens (tertiary/aromatic N) is 1. The largest absolute Gasteiger partial charge is 0.480 e. The number of imidazole rings is 1. The van der Waals surface area contributed by atoms with Crippen molar-refractivity contribution in [2.24, 2.45) is 0 Å². The third-order valence-corrected chi connectivity index (χ3v) is 4.36. The highest BCUT2D eigenvalue weighted by molar-refractivity contribution is 5.88. The van der Waals surface area contributed by atoms with E-state index < -0.39 is 11.4 Å². The van der Waals surface area contributed by atoms with E-state index in [0.717, 1.165) is 16.6 Å². The highest BCUT2D eigenvalue weighted by Gasteiger charge is 2.64. The van der Waals surface area contributed by atoms with E-state index in [0.29, 0.717) is 12.2 Å². The molecule has 4 nitrogen and oxygen atoms in total. The van der Waals surface area contributed by atoms with Crippen LogP contribution in [0.1, 0.15) is 23.7 Å². The molecule has 0 spiro atoms. The second-order valence-electron chi connectivity index (χ2n) is 5.55. The first-order valence-corrected chi connectivity index (χ1v) is 6.95. The van der Waals surface area contributed by atoms with Crippen molar-refractivity contribution in [3.8, 4) is 0 Å². The Kier molecular flexibility index (Phi) is 2.42. The molecule has 1 heterocycles. The number of carboxylic acids is 1. The molecule has 1 fully saturated rings. The van der Waals surface area contributed by atoms with Crippen LogP contribution in [0.2, 0.25) is 0 Å². The molecule has 1 aliphatic carbocycles. The summed E-state index contributed by atoms with van der Waals surface area (Å²) in [6, 6.07) is 17.4. The zero-order valence-corrected chi connectivity index (χ0v) is 11.3. The van der Waals surface area contributed by atoms with Gasteiger partial charge < -0.3 is 10.1 Å². The van der Waals surface area contributed by atoms with Crippen molar-refractivity contribution < 1.29 is 9.90 Å². The summed E-state index contributed by atoms with van der Waals surface area (Å²) in [5, 5.41) is 9.75. The molecule has 104 valence electrons. The Labute approximate surface area is 121 Å². The highest BCUT2D eigenvalue weighted by atomic mass is 16.4. The molecule has 0 aliphatic heterocycles. The second-order valence-corrected chi connectivity index (χ2v) is 5.55. The number of nitrogens with one attached hydrogen (secondary N) is 1. The van der Waals surface area contributed by atoms with Crippen molar-refractivity contribution in [1.82, 2.24) is 9.97 Å². The van der Waals surface area contributed by atoms with Gasteiger partial charge in [0.1, 0.15) is 11.2 Å². The Morgan fingerprint density at radius 2 is 1.86 bits per heavy atom. The Morgan fingerprint density at radius 3 is 2.57 bits per heavy atom. The minimum Gasteiger partial charge on any atom is -0.480 e. The summed E-state index contributed by atoms with van der Waals surface area (Å²) in [4.78, 5) is 19.6. The van der Waals surface area contributed by atoms with E-state index in [9.17, 15) is 9.90 Å². The minimum atomic E-state index is -0.916. The first-order chi connectivity index (χ1) is 10.2. The van der Waals surface area contributed by atoms with Crippen LogP contribution in [0.5, 0.6) is 0 Å².